The third-order valence-corrected chi connectivity index (χ3v) is 5.12. The SMILES string of the molecule is O=C(COc1ccccc1)NCC(=O)N1CCN(Cc2ccc3c(c2)OCO3)CC1. The standard InChI is InChI=1S/C22H25N3O5/c26-21(15-28-18-4-2-1-3-5-18)23-13-22(27)25-10-8-24(9-11-25)14-17-6-7-19-20(12-17)30-16-29-19/h1-7,12H,8-11,13-16H2,(H,23,26). The molecule has 8 heteroatoms. The van der Waals surface area contributed by atoms with E-state index < -0.39 is 0 Å². The molecule has 1 fully saturated rings. The molecular weight excluding hydrogens is 386 g/mol. The Morgan fingerprint density at radius 2 is 1.73 bits per heavy atom. The molecule has 0 aromatic heterocycles. The zero-order valence-electron chi connectivity index (χ0n) is 16.7. The number of rotatable bonds is 7. The van der Waals surface area contributed by atoms with Crippen LogP contribution < -0.4 is 19.5 Å². The number of carbonyl (C=O) groups excluding carboxylic acids is 2. The molecule has 1 N–H and O–H groups in total. The molecule has 2 aliphatic heterocycles. The molecule has 0 spiro atoms. The molecule has 4 rings (SSSR count). The van der Waals surface area contributed by atoms with E-state index in [4.69, 9.17) is 14.2 Å². The van der Waals surface area contributed by atoms with Crippen molar-refractivity contribution in [3.05, 3.63) is 54.1 Å². The van der Waals surface area contributed by atoms with Gasteiger partial charge in [0.1, 0.15) is 5.75 Å². The van der Waals surface area contributed by atoms with Gasteiger partial charge in [-0.3, -0.25) is 14.5 Å². The molecular formula is C22H25N3O5. The number of carbonyl (C=O) groups is 2. The van der Waals surface area contributed by atoms with Crippen molar-refractivity contribution in [2.75, 3.05) is 46.1 Å². The van der Waals surface area contributed by atoms with E-state index in [0.717, 1.165) is 36.7 Å². The molecule has 0 unspecified atom stereocenters. The van der Waals surface area contributed by atoms with Gasteiger partial charge in [-0.1, -0.05) is 24.3 Å². The van der Waals surface area contributed by atoms with Gasteiger partial charge >= 0.3 is 0 Å². The molecule has 2 aromatic rings. The minimum Gasteiger partial charge on any atom is -0.484 e. The highest BCUT2D eigenvalue weighted by atomic mass is 16.7. The summed E-state index contributed by atoms with van der Waals surface area (Å²) in [4.78, 5) is 28.4. The van der Waals surface area contributed by atoms with Crippen LogP contribution in [0.25, 0.3) is 0 Å². The van der Waals surface area contributed by atoms with Crippen LogP contribution in [-0.4, -0.2) is 67.7 Å². The van der Waals surface area contributed by atoms with Gasteiger partial charge in [0, 0.05) is 32.7 Å². The van der Waals surface area contributed by atoms with Gasteiger partial charge in [0.15, 0.2) is 18.1 Å². The van der Waals surface area contributed by atoms with E-state index in [9.17, 15) is 9.59 Å². The Morgan fingerprint density at radius 1 is 0.967 bits per heavy atom. The molecule has 2 aromatic carbocycles. The number of hydrogen-bond acceptors (Lipinski definition) is 6. The van der Waals surface area contributed by atoms with Crippen LogP contribution >= 0.6 is 0 Å². The predicted molar refractivity (Wildman–Crippen MR) is 109 cm³/mol. The first-order valence-corrected chi connectivity index (χ1v) is 10.0. The summed E-state index contributed by atoms with van der Waals surface area (Å²) in [6.45, 7) is 3.79. The summed E-state index contributed by atoms with van der Waals surface area (Å²) in [5.74, 6) is 1.80. The van der Waals surface area contributed by atoms with Crippen molar-refractivity contribution in [1.29, 1.82) is 0 Å². The fraction of sp³-hybridized carbons (Fsp3) is 0.364. The molecule has 2 amide bonds. The second-order valence-corrected chi connectivity index (χ2v) is 7.22. The van der Waals surface area contributed by atoms with Crippen LogP contribution in [0.3, 0.4) is 0 Å². The quantitative estimate of drug-likeness (QED) is 0.739. The fourth-order valence-electron chi connectivity index (χ4n) is 3.46. The van der Waals surface area contributed by atoms with Crippen LogP contribution in [0.1, 0.15) is 5.56 Å². The molecule has 30 heavy (non-hydrogen) atoms. The lowest BCUT2D eigenvalue weighted by Gasteiger charge is -2.34. The van der Waals surface area contributed by atoms with Gasteiger partial charge in [-0.15, -0.1) is 0 Å². The first-order chi connectivity index (χ1) is 14.7. The van der Waals surface area contributed by atoms with Gasteiger partial charge in [0.2, 0.25) is 12.7 Å². The Labute approximate surface area is 175 Å². The van der Waals surface area contributed by atoms with Gasteiger partial charge in [0.25, 0.3) is 5.91 Å². The molecule has 0 radical (unpaired) electrons. The smallest absolute Gasteiger partial charge is 0.258 e. The largest absolute Gasteiger partial charge is 0.484 e. The average molecular weight is 411 g/mol. The summed E-state index contributed by atoms with van der Waals surface area (Å²) in [6.07, 6.45) is 0. The lowest BCUT2D eigenvalue weighted by atomic mass is 10.1. The zero-order valence-corrected chi connectivity index (χ0v) is 16.7. The Morgan fingerprint density at radius 3 is 2.53 bits per heavy atom. The normalized spacial score (nSPS) is 15.7. The third kappa shape index (κ3) is 5.21. The van der Waals surface area contributed by atoms with Crippen LogP contribution in [0.4, 0.5) is 0 Å². The van der Waals surface area contributed by atoms with E-state index in [2.05, 4.69) is 10.2 Å². The Kier molecular flexibility index (Phi) is 6.34. The Hall–Kier alpha value is -3.26. The summed E-state index contributed by atoms with van der Waals surface area (Å²) < 4.78 is 16.2. The molecule has 158 valence electrons. The van der Waals surface area contributed by atoms with E-state index in [0.29, 0.717) is 18.8 Å². The summed E-state index contributed by atoms with van der Waals surface area (Å²) in [6, 6.07) is 15.1. The van der Waals surface area contributed by atoms with Crippen molar-refractivity contribution in [2.24, 2.45) is 0 Å². The summed E-state index contributed by atoms with van der Waals surface area (Å²) >= 11 is 0. The molecule has 8 nitrogen and oxygen atoms in total. The van der Waals surface area contributed by atoms with Crippen molar-refractivity contribution in [3.8, 4) is 17.2 Å². The van der Waals surface area contributed by atoms with E-state index in [-0.39, 0.29) is 31.8 Å². The number of amides is 2. The number of nitrogens with one attached hydrogen (secondary N) is 1. The molecule has 2 aliphatic rings. The molecule has 2 heterocycles. The monoisotopic (exact) mass is 411 g/mol. The molecule has 0 bridgehead atoms. The first kappa shape index (κ1) is 20.0. The number of ether oxygens (including phenoxy) is 3. The lowest BCUT2D eigenvalue weighted by molar-refractivity contribution is -0.134. The van der Waals surface area contributed by atoms with Gasteiger partial charge in [-0.25, -0.2) is 0 Å². The third-order valence-electron chi connectivity index (χ3n) is 5.12. The number of nitrogens with zero attached hydrogens (tertiary/aromatic N) is 2. The van der Waals surface area contributed by atoms with Crippen LogP contribution in [0.5, 0.6) is 17.2 Å². The van der Waals surface area contributed by atoms with Gasteiger partial charge in [-0.05, 0) is 29.8 Å². The van der Waals surface area contributed by atoms with Gasteiger partial charge in [-0.2, -0.15) is 0 Å². The highest BCUT2D eigenvalue weighted by molar-refractivity contribution is 5.85. The van der Waals surface area contributed by atoms with E-state index >= 15 is 0 Å². The molecule has 0 atom stereocenters. The predicted octanol–water partition coefficient (Wildman–Crippen LogP) is 1.25. The van der Waals surface area contributed by atoms with Crippen LogP contribution in [-0.2, 0) is 16.1 Å². The first-order valence-electron chi connectivity index (χ1n) is 10.0. The topological polar surface area (TPSA) is 80.3 Å². The minimum atomic E-state index is -0.311. The number of hydrogen-bond donors (Lipinski definition) is 1. The lowest BCUT2D eigenvalue weighted by Crippen LogP contribution is -2.51. The molecule has 0 saturated carbocycles. The van der Waals surface area contributed by atoms with Crippen LogP contribution in [0.15, 0.2) is 48.5 Å². The van der Waals surface area contributed by atoms with Crippen LogP contribution in [0, 0.1) is 0 Å². The van der Waals surface area contributed by atoms with Crippen molar-refractivity contribution in [1.82, 2.24) is 15.1 Å². The van der Waals surface area contributed by atoms with Crippen molar-refractivity contribution < 1.29 is 23.8 Å². The minimum absolute atomic E-state index is 0.0147. The zero-order chi connectivity index (χ0) is 20.8. The van der Waals surface area contributed by atoms with Crippen molar-refractivity contribution >= 4 is 11.8 Å². The Balaban J connectivity index is 1.16. The fourth-order valence-corrected chi connectivity index (χ4v) is 3.46. The second kappa shape index (κ2) is 9.49. The number of benzene rings is 2. The van der Waals surface area contributed by atoms with Gasteiger partial charge in [0.05, 0.1) is 6.54 Å². The van der Waals surface area contributed by atoms with Crippen molar-refractivity contribution in [3.63, 3.8) is 0 Å². The van der Waals surface area contributed by atoms with Crippen molar-refractivity contribution in [2.45, 2.75) is 6.54 Å². The summed E-state index contributed by atoms with van der Waals surface area (Å²) in [7, 11) is 0. The van der Waals surface area contributed by atoms with E-state index in [1.54, 1.807) is 17.0 Å². The summed E-state index contributed by atoms with van der Waals surface area (Å²) in [5, 5.41) is 2.63. The number of piperazine rings is 1. The highest BCUT2D eigenvalue weighted by Crippen LogP contribution is 2.32. The highest BCUT2D eigenvalue weighted by Gasteiger charge is 2.22. The van der Waals surface area contributed by atoms with E-state index in [1.165, 1.54) is 0 Å². The maximum Gasteiger partial charge on any atom is 0.258 e. The maximum atomic E-state index is 12.4. The average Bonchev–Trinajstić information content (AvgIpc) is 3.25. The second-order valence-electron chi connectivity index (χ2n) is 7.22. The van der Waals surface area contributed by atoms with Gasteiger partial charge < -0.3 is 24.4 Å². The number of para-hydroxylation sites is 1. The summed E-state index contributed by atoms with van der Waals surface area (Å²) in [5.41, 5.74) is 1.16. The molecule has 0 aliphatic carbocycles. The Bertz CT molecular complexity index is 882. The maximum absolute atomic E-state index is 12.4. The van der Waals surface area contributed by atoms with Crippen LogP contribution in [0.2, 0.25) is 0 Å². The number of fused-ring (bicyclic) bond motifs is 1. The van der Waals surface area contributed by atoms with E-state index in [1.807, 2.05) is 36.4 Å². The molecule has 1 saturated heterocycles.